The smallest absolute Gasteiger partial charge is 0.119 e. The number of halogens is 1. The van der Waals surface area contributed by atoms with Gasteiger partial charge in [-0.1, -0.05) is 35.9 Å². The van der Waals surface area contributed by atoms with Crippen molar-refractivity contribution in [2.24, 2.45) is 0 Å². The molecule has 2 rings (SSSR count). The summed E-state index contributed by atoms with van der Waals surface area (Å²) in [4.78, 5) is 0. The molecule has 0 radical (unpaired) electrons. The van der Waals surface area contributed by atoms with Crippen LogP contribution in [0.25, 0.3) is 0 Å². The van der Waals surface area contributed by atoms with E-state index in [4.69, 9.17) is 16.3 Å². The SMILES string of the molecule is CCOc1cccc(CC(CO)c2ccc(Cl)cc2)c1. The summed E-state index contributed by atoms with van der Waals surface area (Å²) < 4.78 is 5.50. The molecule has 0 aliphatic carbocycles. The number of hydrogen-bond donors (Lipinski definition) is 1. The summed E-state index contributed by atoms with van der Waals surface area (Å²) in [5.41, 5.74) is 2.25. The Morgan fingerprint density at radius 3 is 2.55 bits per heavy atom. The molecule has 0 aromatic heterocycles. The topological polar surface area (TPSA) is 29.5 Å². The summed E-state index contributed by atoms with van der Waals surface area (Å²) in [6, 6.07) is 15.7. The maximum Gasteiger partial charge on any atom is 0.119 e. The minimum absolute atomic E-state index is 0.0733. The third-order valence-corrected chi connectivity index (χ3v) is 3.51. The summed E-state index contributed by atoms with van der Waals surface area (Å²) >= 11 is 5.90. The zero-order chi connectivity index (χ0) is 14.4. The fourth-order valence-electron chi connectivity index (χ4n) is 2.24. The second-order valence-corrected chi connectivity index (χ2v) is 5.15. The van der Waals surface area contributed by atoms with Gasteiger partial charge in [0.1, 0.15) is 5.75 Å². The first-order valence-electron chi connectivity index (χ1n) is 6.81. The second kappa shape index (κ2) is 7.32. The fourth-order valence-corrected chi connectivity index (χ4v) is 2.36. The van der Waals surface area contributed by atoms with Crippen LogP contribution in [0.4, 0.5) is 0 Å². The van der Waals surface area contributed by atoms with Gasteiger partial charge in [0.2, 0.25) is 0 Å². The summed E-state index contributed by atoms with van der Waals surface area (Å²) in [7, 11) is 0. The van der Waals surface area contributed by atoms with Crippen molar-refractivity contribution in [1.29, 1.82) is 0 Å². The van der Waals surface area contributed by atoms with Crippen LogP contribution in [0.15, 0.2) is 48.5 Å². The summed E-state index contributed by atoms with van der Waals surface area (Å²) in [5.74, 6) is 0.946. The molecule has 2 aromatic rings. The monoisotopic (exact) mass is 290 g/mol. The first-order valence-corrected chi connectivity index (χ1v) is 7.18. The van der Waals surface area contributed by atoms with Crippen LogP contribution in [0.1, 0.15) is 24.0 Å². The average molecular weight is 291 g/mol. The normalized spacial score (nSPS) is 12.2. The highest BCUT2D eigenvalue weighted by atomic mass is 35.5. The third kappa shape index (κ3) is 3.99. The van der Waals surface area contributed by atoms with E-state index in [1.54, 1.807) is 0 Å². The van der Waals surface area contributed by atoms with Crippen LogP contribution >= 0.6 is 11.6 Å². The Kier molecular flexibility index (Phi) is 5.45. The molecule has 3 heteroatoms. The van der Waals surface area contributed by atoms with Crippen LogP contribution in [0, 0.1) is 0 Å². The Morgan fingerprint density at radius 1 is 1.15 bits per heavy atom. The zero-order valence-corrected chi connectivity index (χ0v) is 12.3. The highest BCUT2D eigenvalue weighted by Crippen LogP contribution is 2.24. The van der Waals surface area contributed by atoms with Crippen molar-refractivity contribution in [3.8, 4) is 5.75 Å². The molecule has 1 unspecified atom stereocenters. The maximum atomic E-state index is 9.62. The van der Waals surface area contributed by atoms with E-state index >= 15 is 0 Å². The molecular weight excluding hydrogens is 272 g/mol. The number of hydrogen-bond acceptors (Lipinski definition) is 2. The van der Waals surface area contributed by atoms with E-state index < -0.39 is 0 Å². The molecule has 1 atom stereocenters. The molecule has 1 N–H and O–H groups in total. The van der Waals surface area contributed by atoms with Gasteiger partial charge in [-0.15, -0.1) is 0 Å². The minimum Gasteiger partial charge on any atom is -0.494 e. The molecule has 2 nitrogen and oxygen atoms in total. The lowest BCUT2D eigenvalue weighted by atomic mass is 9.93. The fraction of sp³-hybridized carbons (Fsp3) is 0.294. The molecule has 106 valence electrons. The van der Waals surface area contributed by atoms with Crippen molar-refractivity contribution < 1.29 is 9.84 Å². The second-order valence-electron chi connectivity index (χ2n) is 4.72. The predicted octanol–water partition coefficient (Wildman–Crippen LogP) is 4.06. The quantitative estimate of drug-likeness (QED) is 0.869. The maximum absolute atomic E-state index is 9.62. The molecule has 20 heavy (non-hydrogen) atoms. The summed E-state index contributed by atoms with van der Waals surface area (Å²) in [5, 5.41) is 10.3. The van der Waals surface area contributed by atoms with E-state index in [0.717, 1.165) is 23.3 Å². The van der Waals surface area contributed by atoms with Gasteiger partial charge in [0.25, 0.3) is 0 Å². The average Bonchev–Trinajstić information content (AvgIpc) is 2.47. The highest BCUT2D eigenvalue weighted by molar-refractivity contribution is 6.30. The minimum atomic E-state index is 0.0733. The number of benzene rings is 2. The van der Waals surface area contributed by atoms with Gasteiger partial charge >= 0.3 is 0 Å². The Labute approximate surface area is 125 Å². The van der Waals surface area contributed by atoms with Crippen molar-refractivity contribution in [3.63, 3.8) is 0 Å². The number of ether oxygens (including phenoxy) is 1. The predicted molar refractivity (Wildman–Crippen MR) is 82.6 cm³/mol. The molecule has 0 heterocycles. The van der Waals surface area contributed by atoms with Crippen molar-refractivity contribution in [2.45, 2.75) is 19.3 Å². The molecule has 0 bridgehead atoms. The van der Waals surface area contributed by atoms with E-state index in [0.29, 0.717) is 11.6 Å². The Balaban J connectivity index is 2.13. The Hall–Kier alpha value is -1.51. The lowest BCUT2D eigenvalue weighted by molar-refractivity contribution is 0.264. The van der Waals surface area contributed by atoms with Crippen LogP contribution in [0.2, 0.25) is 5.02 Å². The molecule has 0 spiro atoms. The molecular formula is C17H19ClO2. The third-order valence-electron chi connectivity index (χ3n) is 3.25. The first-order chi connectivity index (χ1) is 9.72. The van der Waals surface area contributed by atoms with Crippen LogP contribution in [0.5, 0.6) is 5.75 Å². The molecule has 0 fully saturated rings. The molecule has 0 saturated heterocycles. The number of aliphatic hydroxyl groups excluding tert-OH is 1. The van der Waals surface area contributed by atoms with Crippen LogP contribution in [0.3, 0.4) is 0 Å². The lowest BCUT2D eigenvalue weighted by Crippen LogP contribution is -2.08. The number of rotatable bonds is 6. The van der Waals surface area contributed by atoms with Crippen molar-refractivity contribution in [3.05, 3.63) is 64.7 Å². The lowest BCUT2D eigenvalue weighted by Gasteiger charge is -2.15. The van der Waals surface area contributed by atoms with Crippen LogP contribution < -0.4 is 4.74 Å². The van der Waals surface area contributed by atoms with Gasteiger partial charge < -0.3 is 9.84 Å². The molecule has 0 aliphatic rings. The Bertz CT molecular complexity index is 537. The molecule has 0 amide bonds. The zero-order valence-electron chi connectivity index (χ0n) is 11.6. The van der Waals surface area contributed by atoms with E-state index in [2.05, 4.69) is 6.07 Å². The van der Waals surface area contributed by atoms with Crippen LogP contribution in [-0.4, -0.2) is 18.3 Å². The van der Waals surface area contributed by atoms with Gasteiger partial charge in [-0.3, -0.25) is 0 Å². The molecule has 0 aliphatic heterocycles. The Morgan fingerprint density at radius 2 is 1.90 bits per heavy atom. The van der Waals surface area contributed by atoms with Gasteiger partial charge in [-0.25, -0.2) is 0 Å². The standard InChI is InChI=1S/C17H19ClO2/c1-2-20-17-5-3-4-13(11-17)10-15(12-19)14-6-8-16(18)9-7-14/h3-9,11,15,19H,2,10,12H2,1H3. The molecule has 2 aromatic carbocycles. The van der Waals surface area contributed by atoms with Gasteiger partial charge in [0.05, 0.1) is 13.2 Å². The van der Waals surface area contributed by atoms with Crippen LogP contribution in [-0.2, 0) is 6.42 Å². The van der Waals surface area contributed by atoms with Crippen molar-refractivity contribution >= 4 is 11.6 Å². The van der Waals surface area contributed by atoms with E-state index in [1.165, 1.54) is 0 Å². The largest absolute Gasteiger partial charge is 0.494 e. The summed E-state index contributed by atoms with van der Waals surface area (Å²) in [6.07, 6.45) is 0.777. The number of aliphatic hydroxyl groups is 1. The molecule has 0 saturated carbocycles. The van der Waals surface area contributed by atoms with Gasteiger partial charge in [0, 0.05) is 10.9 Å². The van der Waals surface area contributed by atoms with E-state index in [-0.39, 0.29) is 12.5 Å². The van der Waals surface area contributed by atoms with Crippen molar-refractivity contribution in [2.75, 3.05) is 13.2 Å². The van der Waals surface area contributed by atoms with E-state index in [9.17, 15) is 5.11 Å². The van der Waals surface area contributed by atoms with Gasteiger partial charge in [-0.05, 0) is 48.7 Å². The van der Waals surface area contributed by atoms with E-state index in [1.807, 2.05) is 49.4 Å². The highest BCUT2D eigenvalue weighted by Gasteiger charge is 2.11. The first kappa shape index (κ1) is 14.9. The van der Waals surface area contributed by atoms with Crippen molar-refractivity contribution in [1.82, 2.24) is 0 Å². The summed E-state index contributed by atoms with van der Waals surface area (Å²) in [6.45, 7) is 2.74. The van der Waals surface area contributed by atoms with Gasteiger partial charge in [-0.2, -0.15) is 0 Å². The van der Waals surface area contributed by atoms with Gasteiger partial charge in [0.15, 0.2) is 0 Å².